The first-order valence-corrected chi connectivity index (χ1v) is 5.84. The van der Waals surface area contributed by atoms with Crippen molar-refractivity contribution in [2.75, 3.05) is 38.8 Å². The van der Waals surface area contributed by atoms with Crippen LogP contribution >= 0.6 is 0 Å². The number of ether oxygens (including phenoxy) is 1. The molecule has 0 radical (unpaired) electrons. The van der Waals surface area contributed by atoms with Crippen molar-refractivity contribution >= 4 is 17.3 Å². The van der Waals surface area contributed by atoms with E-state index in [-0.39, 0.29) is 0 Å². The molecule has 0 saturated carbocycles. The maximum Gasteiger partial charge on any atom is 0.340 e. The van der Waals surface area contributed by atoms with Crippen LogP contribution in [0, 0.1) is 0 Å². The summed E-state index contributed by atoms with van der Waals surface area (Å²) < 4.78 is 4.68. The van der Waals surface area contributed by atoms with Gasteiger partial charge in [-0.3, -0.25) is 0 Å². The second-order valence-corrected chi connectivity index (χ2v) is 4.45. The van der Waals surface area contributed by atoms with Crippen molar-refractivity contribution in [1.29, 1.82) is 0 Å². The van der Waals surface area contributed by atoms with Crippen molar-refractivity contribution in [3.05, 3.63) is 23.8 Å². The van der Waals surface area contributed by atoms with E-state index in [0.29, 0.717) is 17.3 Å². The lowest BCUT2D eigenvalue weighted by Gasteiger charge is -2.21. The molecule has 1 atom stereocenters. The van der Waals surface area contributed by atoms with Gasteiger partial charge in [0.1, 0.15) is 0 Å². The molecule has 0 aliphatic heterocycles. The molecule has 1 aromatic rings. The third-order valence-electron chi connectivity index (χ3n) is 2.98. The first-order chi connectivity index (χ1) is 8.47. The van der Waals surface area contributed by atoms with Gasteiger partial charge in [0.2, 0.25) is 0 Å². The molecule has 1 rings (SSSR count). The summed E-state index contributed by atoms with van der Waals surface area (Å²) in [5.41, 5.74) is 7.52. The lowest BCUT2D eigenvalue weighted by molar-refractivity contribution is 0.0602. The normalized spacial score (nSPS) is 12.3. The summed E-state index contributed by atoms with van der Waals surface area (Å²) in [4.78, 5) is 13.6. The molecule has 0 aromatic heterocycles. The summed E-state index contributed by atoms with van der Waals surface area (Å²) in [6, 6.07) is 5.66. The van der Waals surface area contributed by atoms with E-state index in [9.17, 15) is 4.79 Å². The fraction of sp³-hybridized carbons (Fsp3) is 0.462. The van der Waals surface area contributed by atoms with Gasteiger partial charge in [-0.05, 0) is 33.2 Å². The van der Waals surface area contributed by atoms with Crippen molar-refractivity contribution in [2.45, 2.75) is 13.0 Å². The third-order valence-corrected chi connectivity index (χ3v) is 2.98. The number of hydrogen-bond acceptors (Lipinski definition) is 5. The summed E-state index contributed by atoms with van der Waals surface area (Å²) in [5.74, 6) is -0.420. The van der Waals surface area contributed by atoms with Gasteiger partial charge in [-0.1, -0.05) is 6.07 Å². The van der Waals surface area contributed by atoms with Crippen LogP contribution in [0.4, 0.5) is 11.4 Å². The minimum absolute atomic E-state index is 0.367. The molecule has 0 heterocycles. The van der Waals surface area contributed by atoms with Gasteiger partial charge in [0.15, 0.2) is 0 Å². The minimum atomic E-state index is -0.420. The molecule has 1 aromatic carbocycles. The maximum atomic E-state index is 11.5. The second kappa shape index (κ2) is 6.26. The highest BCUT2D eigenvalue weighted by molar-refractivity contribution is 5.98. The highest BCUT2D eigenvalue weighted by atomic mass is 16.5. The van der Waals surface area contributed by atoms with Crippen LogP contribution in [0.2, 0.25) is 0 Å². The number of anilines is 2. The number of benzene rings is 1. The van der Waals surface area contributed by atoms with Crippen LogP contribution in [0.1, 0.15) is 17.3 Å². The smallest absolute Gasteiger partial charge is 0.340 e. The number of carbonyl (C=O) groups excluding carboxylic acids is 1. The summed E-state index contributed by atoms with van der Waals surface area (Å²) in [6.07, 6.45) is 0. The number of nitrogens with two attached hydrogens (primary N) is 1. The third kappa shape index (κ3) is 3.37. The van der Waals surface area contributed by atoms with Crippen molar-refractivity contribution < 1.29 is 9.53 Å². The summed E-state index contributed by atoms with van der Waals surface area (Å²) in [6.45, 7) is 2.86. The molecule has 0 saturated heterocycles. The van der Waals surface area contributed by atoms with E-state index >= 15 is 0 Å². The Hall–Kier alpha value is -1.75. The molecule has 0 aliphatic rings. The van der Waals surface area contributed by atoms with Crippen molar-refractivity contribution in [2.24, 2.45) is 0 Å². The van der Waals surface area contributed by atoms with Crippen molar-refractivity contribution in [1.82, 2.24) is 4.90 Å². The fourth-order valence-electron chi connectivity index (χ4n) is 1.45. The summed E-state index contributed by atoms with van der Waals surface area (Å²) in [5, 5.41) is 3.24. The number of hydrogen-bond donors (Lipinski definition) is 2. The number of nitrogens with zero attached hydrogens (tertiary/aromatic N) is 1. The SMILES string of the molecule is COC(=O)c1cccc(NCC(C)N(C)C)c1N. The second-order valence-electron chi connectivity index (χ2n) is 4.45. The van der Waals surface area contributed by atoms with Crippen LogP contribution in [0.3, 0.4) is 0 Å². The van der Waals surface area contributed by atoms with Gasteiger partial charge < -0.3 is 20.7 Å². The lowest BCUT2D eigenvalue weighted by atomic mass is 10.1. The van der Waals surface area contributed by atoms with E-state index in [1.807, 2.05) is 20.2 Å². The average molecular weight is 251 g/mol. The molecule has 0 bridgehead atoms. The Labute approximate surface area is 108 Å². The number of methoxy groups -OCH3 is 1. The molecule has 5 nitrogen and oxygen atoms in total. The minimum Gasteiger partial charge on any atom is -0.465 e. The topological polar surface area (TPSA) is 67.6 Å². The van der Waals surface area contributed by atoms with E-state index in [4.69, 9.17) is 5.73 Å². The van der Waals surface area contributed by atoms with E-state index in [1.54, 1.807) is 12.1 Å². The van der Waals surface area contributed by atoms with Gasteiger partial charge in [0.25, 0.3) is 0 Å². The number of nitrogens with one attached hydrogen (secondary N) is 1. The predicted octanol–water partition coefficient (Wildman–Crippen LogP) is 1.42. The molecule has 5 heteroatoms. The molecule has 0 amide bonds. The Bertz CT molecular complexity index is 419. The van der Waals surface area contributed by atoms with Gasteiger partial charge in [-0.25, -0.2) is 4.79 Å². The molecular weight excluding hydrogens is 230 g/mol. The first kappa shape index (κ1) is 14.3. The zero-order chi connectivity index (χ0) is 13.7. The van der Waals surface area contributed by atoms with Crippen LogP contribution in [-0.2, 0) is 4.74 Å². The van der Waals surface area contributed by atoms with E-state index in [1.165, 1.54) is 7.11 Å². The van der Waals surface area contributed by atoms with E-state index in [0.717, 1.165) is 12.2 Å². The Morgan fingerprint density at radius 2 is 2.17 bits per heavy atom. The average Bonchev–Trinajstić information content (AvgIpc) is 2.36. The zero-order valence-electron chi connectivity index (χ0n) is 11.4. The first-order valence-electron chi connectivity index (χ1n) is 5.84. The van der Waals surface area contributed by atoms with Gasteiger partial charge in [-0.15, -0.1) is 0 Å². The Kier molecular flexibility index (Phi) is 4.97. The number of rotatable bonds is 5. The number of nitrogen functional groups attached to an aromatic ring is 1. The molecule has 18 heavy (non-hydrogen) atoms. The standard InChI is InChI=1S/C13H21N3O2/c1-9(16(2)3)8-15-11-7-5-6-10(12(11)14)13(17)18-4/h5-7,9,15H,8,14H2,1-4H3. The van der Waals surface area contributed by atoms with Crippen molar-refractivity contribution in [3.8, 4) is 0 Å². The van der Waals surface area contributed by atoms with E-state index in [2.05, 4.69) is 21.9 Å². The van der Waals surface area contributed by atoms with Gasteiger partial charge in [0, 0.05) is 12.6 Å². The zero-order valence-corrected chi connectivity index (χ0v) is 11.4. The van der Waals surface area contributed by atoms with Crippen LogP contribution in [0.15, 0.2) is 18.2 Å². The van der Waals surface area contributed by atoms with Crippen LogP contribution in [-0.4, -0.2) is 44.7 Å². The highest BCUT2D eigenvalue weighted by Gasteiger charge is 2.13. The van der Waals surface area contributed by atoms with Gasteiger partial charge in [-0.2, -0.15) is 0 Å². The Morgan fingerprint density at radius 3 is 2.72 bits per heavy atom. The molecule has 1 unspecified atom stereocenters. The number of esters is 1. The fourth-order valence-corrected chi connectivity index (χ4v) is 1.45. The number of para-hydroxylation sites is 1. The van der Waals surface area contributed by atoms with Crippen molar-refractivity contribution in [3.63, 3.8) is 0 Å². The van der Waals surface area contributed by atoms with Crippen LogP contribution in [0.5, 0.6) is 0 Å². The molecule has 3 N–H and O–H groups in total. The maximum absolute atomic E-state index is 11.5. The largest absolute Gasteiger partial charge is 0.465 e. The lowest BCUT2D eigenvalue weighted by Crippen LogP contribution is -2.31. The number of carbonyl (C=O) groups is 1. The summed E-state index contributed by atoms with van der Waals surface area (Å²) in [7, 11) is 5.37. The number of likely N-dealkylation sites (N-methyl/N-ethyl adjacent to an activating group) is 1. The Morgan fingerprint density at radius 1 is 1.50 bits per heavy atom. The predicted molar refractivity (Wildman–Crippen MR) is 73.8 cm³/mol. The van der Waals surface area contributed by atoms with Gasteiger partial charge in [0.05, 0.1) is 24.0 Å². The van der Waals surface area contributed by atoms with E-state index < -0.39 is 5.97 Å². The molecule has 100 valence electrons. The molecule has 0 spiro atoms. The molecular formula is C13H21N3O2. The molecule has 0 aliphatic carbocycles. The monoisotopic (exact) mass is 251 g/mol. The summed E-state index contributed by atoms with van der Waals surface area (Å²) >= 11 is 0. The Balaban J connectivity index is 2.81. The van der Waals surface area contributed by atoms with Gasteiger partial charge >= 0.3 is 5.97 Å². The highest BCUT2D eigenvalue weighted by Crippen LogP contribution is 2.23. The van der Waals surface area contributed by atoms with Crippen LogP contribution in [0.25, 0.3) is 0 Å². The van der Waals surface area contributed by atoms with Crippen LogP contribution < -0.4 is 11.1 Å². The quantitative estimate of drug-likeness (QED) is 0.612. The molecule has 0 fully saturated rings.